The SMILES string of the molecule is CCCCCC1=C(c2cc(C)cc(C)c2)[N+](=[N-])C(c2cc(C)cc(C)c2)=C1.CCC[CH2][Pd][CH2]CCC. The van der Waals surface area contributed by atoms with Crippen molar-refractivity contribution in [3.05, 3.63) is 87.0 Å². The second-order valence-corrected chi connectivity index (χ2v) is 12.4. The van der Waals surface area contributed by atoms with E-state index < -0.39 is 0 Å². The fourth-order valence-corrected chi connectivity index (χ4v) is 6.78. The molecule has 0 fully saturated rings. The van der Waals surface area contributed by atoms with Gasteiger partial charge in [0.2, 0.25) is 11.4 Å². The number of unbranched alkanes of at least 4 members (excludes halogenated alkanes) is 4. The van der Waals surface area contributed by atoms with Gasteiger partial charge in [0, 0.05) is 22.8 Å². The fourth-order valence-electron chi connectivity index (χ4n) is 4.52. The van der Waals surface area contributed by atoms with Gasteiger partial charge >= 0.3 is 67.3 Å². The summed E-state index contributed by atoms with van der Waals surface area (Å²) < 4.78 is 1.41. The second kappa shape index (κ2) is 16.1. The quantitative estimate of drug-likeness (QED) is 0.136. The molecule has 2 nitrogen and oxygen atoms in total. The van der Waals surface area contributed by atoms with E-state index in [0.29, 0.717) is 0 Å². The van der Waals surface area contributed by atoms with Crippen LogP contribution in [-0.4, -0.2) is 4.70 Å². The van der Waals surface area contributed by atoms with Crippen LogP contribution in [0.5, 0.6) is 0 Å². The minimum absolute atomic E-state index is 0.877. The van der Waals surface area contributed by atoms with Gasteiger partial charge < -0.3 is 5.53 Å². The summed E-state index contributed by atoms with van der Waals surface area (Å²) in [4.78, 5) is 3.01. The first-order valence-electron chi connectivity index (χ1n) is 13.9. The molecule has 0 atom stereocenters. The van der Waals surface area contributed by atoms with Crippen LogP contribution in [-0.2, 0) is 18.0 Å². The Hall–Kier alpha value is -1.82. The molecule has 0 saturated heterocycles. The molecule has 3 heteroatoms. The Kier molecular flexibility index (Phi) is 13.6. The summed E-state index contributed by atoms with van der Waals surface area (Å²) >= 11 is 1.07. The van der Waals surface area contributed by atoms with E-state index in [1.54, 1.807) is 0 Å². The Balaban J connectivity index is 0.000000434. The Labute approximate surface area is 230 Å². The molecule has 36 heavy (non-hydrogen) atoms. The molecule has 0 bridgehead atoms. The van der Waals surface area contributed by atoms with Crippen LogP contribution in [0.1, 0.15) is 106 Å². The van der Waals surface area contributed by atoms with Crippen molar-refractivity contribution < 1.29 is 22.7 Å². The molecular weight excluding hydrogens is 531 g/mol. The molecule has 3 rings (SSSR count). The molecule has 0 saturated carbocycles. The summed E-state index contributed by atoms with van der Waals surface area (Å²) in [5, 5.41) is 0. The Morgan fingerprint density at radius 2 is 1.11 bits per heavy atom. The third-order valence-corrected chi connectivity index (χ3v) is 8.47. The number of rotatable bonds is 12. The first kappa shape index (κ1) is 30.4. The van der Waals surface area contributed by atoms with Gasteiger partial charge in [-0.15, -0.1) is 0 Å². The molecule has 0 aromatic heterocycles. The predicted molar refractivity (Wildman–Crippen MR) is 154 cm³/mol. The van der Waals surface area contributed by atoms with Gasteiger partial charge in [0.15, 0.2) is 0 Å². The van der Waals surface area contributed by atoms with Crippen molar-refractivity contribution in [2.75, 3.05) is 0 Å². The number of aryl methyl sites for hydroxylation is 4. The molecular formula is C33H48N2Pd. The van der Waals surface area contributed by atoms with Crippen LogP contribution >= 0.6 is 0 Å². The molecule has 0 unspecified atom stereocenters. The van der Waals surface area contributed by atoms with Crippen LogP contribution < -0.4 is 0 Å². The van der Waals surface area contributed by atoms with Crippen LogP contribution in [0.15, 0.2) is 48.0 Å². The summed E-state index contributed by atoms with van der Waals surface area (Å²) in [6, 6.07) is 13.0. The van der Waals surface area contributed by atoms with Crippen molar-refractivity contribution in [3.8, 4) is 0 Å². The van der Waals surface area contributed by atoms with E-state index >= 15 is 0 Å². The van der Waals surface area contributed by atoms with Gasteiger partial charge in [-0.3, -0.25) is 0 Å². The molecule has 0 aliphatic carbocycles. The maximum atomic E-state index is 11.2. The molecule has 2 aromatic rings. The fraction of sp³-hybridized carbons (Fsp3) is 0.515. The topological polar surface area (TPSA) is 25.3 Å². The third-order valence-electron chi connectivity index (χ3n) is 6.27. The van der Waals surface area contributed by atoms with Crippen molar-refractivity contribution in [1.82, 2.24) is 0 Å². The molecule has 0 amide bonds. The van der Waals surface area contributed by atoms with E-state index in [1.807, 2.05) is 0 Å². The van der Waals surface area contributed by atoms with Gasteiger partial charge in [-0.25, -0.2) is 4.70 Å². The summed E-state index contributed by atoms with van der Waals surface area (Å²) in [6.45, 7) is 15.2. The first-order chi connectivity index (χ1) is 17.3. The number of benzene rings is 2. The summed E-state index contributed by atoms with van der Waals surface area (Å²) in [7, 11) is 0. The van der Waals surface area contributed by atoms with Gasteiger partial charge in [0.1, 0.15) is 0 Å². The Bertz CT molecular complexity index is 1010. The van der Waals surface area contributed by atoms with Gasteiger partial charge in [0.05, 0.1) is 0 Å². The van der Waals surface area contributed by atoms with Gasteiger partial charge in [-0.1, -0.05) is 54.2 Å². The number of hydrogen-bond acceptors (Lipinski definition) is 0. The average molecular weight is 579 g/mol. The van der Waals surface area contributed by atoms with Crippen LogP contribution in [0.2, 0.25) is 9.79 Å². The zero-order valence-corrected chi connectivity index (χ0v) is 25.4. The molecule has 0 radical (unpaired) electrons. The summed E-state index contributed by atoms with van der Waals surface area (Å²) in [5.41, 5.74) is 21.2. The molecule has 0 spiro atoms. The minimum atomic E-state index is 0.877. The normalized spacial score (nSPS) is 13.2. The number of nitrogens with zero attached hydrogens (tertiary/aromatic N) is 2. The molecule has 0 N–H and O–H groups in total. The molecule has 200 valence electrons. The first-order valence-corrected chi connectivity index (χ1v) is 16.1. The summed E-state index contributed by atoms with van der Waals surface area (Å²) in [5.74, 6) is 0. The van der Waals surface area contributed by atoms with E-state index in [9.17, 15) is 5.53 Å². The van der Waals surface area contributed by atoms with Gasteiger partial charge in [-0.2, -0.15) is 0 Å². The predicted octanol–water partition coefficient (Wildman–Crippen LogP) is 10.8. The Morgan fingerprint density at radius 3 is 1.58 bits per heavy atom. The van der Waals surface area contributed by atoms with Crippen LogP contribution in [0, 0.1) is 27.7 Å². The van der Waals surface area contributed by atoms with E-state index in [2.05, 4.69) is 90.9 Å². The number of hydrogen-bond donors (Lipinski definition) is 0. The van der Waals surface area contributed by atoms with Crippen LogP contribution in [0.4, 0.5) is 0 Å². The third kappa shape index (κ3) is 9.57. The zero-order valence-electron chi connectivity index (χ0n) is 23.8. The second-order valence-electron chi connectivity index (χ2n) is 10.1. The molecule has 1 heterocycles. The molecule has 1 aliphatic rings. The molecule has 2 aromatic carbocycles. The van der Waals surface area contributed by atoms with Crippen molar-refractivity contribution in [3.63, 3.8) is 0 Å². The van der Waals surface area contributed by atoms with Crippen LogP contribution in [0.3, 0.4) is 0 Å². The van der Waals surface area contributed by atoms with Crippen molar-refractivity contribution >= 4 is 11.4 Å². The van der Waals surface area contributed by atoms with E-state index in [0.717, 1.165) is 53.3 Å². The summed E-state index contributed by atoms with van der Waals surface area (Å²) in [6.07, 6.45) is 12.4. The average Bonchev–Trinajstić information content (AvgIpc) is 3.14. The van der Waals surface area contributed by atoms with E-state index in [1.165, 1.54) is 80.8 Å². The van der Waals surface area contributed by atoms with Gasteiger partial charge in [-0.05, 0) is 64.8 Å². The zero-order chi connectivity index (χ0) is 26.5. The van der Waals surface area contributed by atoms with E-state index in [4.69, 9.17) is 0 Å². The standard InChI is InChI=1S/C25H30N2.2C4H9.Pd/c1-6-7-8-9-21-16-24(22-12-17(2)10-18(3)13-22)27(26)25(21)23-14-19(4)11-20(5)15-23;2*1-3-4-2;/h10-16H,6-9H2,1-5H3;2*1,3-4H2,2H3;. The van der Waals surface area contributed by atoms with Crippen LogP contribution in [0.25, 0.3) is 16.9 Å². The maximum absolute atomic E-state index is 11.2. The van der Waals surface area contributed by atoms with Crippen molar-refractivity contribution in [2.24, 2.45) is 0 Å². The van der Waals surface area contributed by atoms with Crippen molar-refractivity contribution in [2.45, 2.75) is 110 Å². The molecule has 1 aliphatic heterocycles. The Morgan fingerprint density at radius 1 is 0.639 bits per heavy atom. The monoisotopic (exact) mass is 578 g/mol. The van der Waals surface area contributed by atoms with E-state index in [-0.39, 0.29) is 0 Å². The van der Waals surface area contributed by atoms with Gasteiger partial charge in [0.25, 0.3) is 0 Å². The van der Waals surface area contributed by atoms with Crippen molar-refractivity contribution in [1.29, 1.82) is 0 Å². The number of allylic oxidation sites excluding steroid dienone is 2.